The van der Waals surface area contributed by atoms with Crippen molar-refractivity contribution in [2.24, 2.45) is 0 Å². The summed E-state index contributed by atoms with van der Waals surface area (Å²) in [5.74, 6) is -1.82. The van der Waals surface area contributed by atoms with Gasteiger partial charge in [-0.25, -0.2) is 17.9 Å². The first kappa shape index (κ1) is 21.9. The van der Waals surface area contributed by atoms with Gasteiger partial charge < -0.3 is 4.74 Å². The zero-order valence-corrected chi connectivity index (χ0v) is 17.4. The van der Waals surface area contributed by atoms with Crippen molar-refractivity contribution < 1.29 is 27.5 Å². The van der Waals surface area contributed by atoms with Gasteiger partial charge in [0.15, 0.2) is 6.61 Å². The van der Waals surface area contributed by atoms with Gasteiger partial charge in [-0.05, 0) is 30.2 Å². The van der Waals surface area contributed by atoms with E-state index >= 15 is 0 Å². The van der Waals surface area contributed by atoms with Crippen LogP contribution in [0.5, 0.6) is 0 Å². The van der Waals surface area contributed by atoms with E-state index in [0.29, 0.717) is 13.0 Å². The van der Waals surface area contributed by atoms with E-state index in [9.17, 15) is 22.8 Å². The van der Waals surface area contributed by atoms with Crippen LogP contribution >= 0.6 is 11.6 Å². The van der Waals surface area contributed by atoms with E-state index in [1.54, 1.807) is 24.3 Å². The first-order chi connectivity index (χ1) is 14.3. The normalized spacial score (nSPS) is 14.0. The van der Waals surface area contributed by atoms with Gasteiger partial charge >= 0.3 is 5.97 Å². The highest BCUT2D eigenvalue weighted by molar-refractivity contribution is 7.89. The molecular formula is C20H19ClN2O6S. The monoisotopic (exact) mass is 450 g/mol. The molecule has 0 spiro atoms. The third-order valence-electron chi connectivity index (χ3n) is 4.47. The number of halogens is 1. The molecule has 0 aromatic heterocycles. The molecule has 0 aliphatic carbocycles. The SMILES string of the molecule is O=C(OCC(=O)N1CCCC1=O)c1ccc(Cl)c(S(=O)(=O)NCc2ccccc2)c1. The smallest absolute Gasteiger partial charge is 0.338 e. The minimum Gasteiger partial charge on any atom is -0.452 e. The molecule has 2 aromatic carbocycles. The standard InChI is InChI=1S/C20H19ClN2O6S/c21-16-9-8-15(20(26)29-13-19(25)23-10-4-7-18(23)24)11-17(16)30(27,28)22-12-14-5-2-1-3-6-14/h1-3,5-6,8-9,11,22H,4,7,10,12-13H2. The third kappa shape index (κ3) is 5.24. The van der Waals surface area contributed by atoms with E-state index < -0.39 is 28.5 Å². The number of imide groups is 1. The van der Waals surface area contributed by atoms with Gasteiger partial charge in [-0.15, -0.1) is 0 Å². The molecule has 1 N–H and O–H groups in total. The highest BCUT2D eigenvalue weighted by atomic mass is 35.5. The molecule has 0 radical (unpaired) electrons. The van der Waals surface area contributed by atoms with Crippen molar-refractivity contribution in [1.29, 1.82) is 0 Å². The predicted molar refractivity (Wildman–Crippen MR) is 108 cm³/mol. The number of carbonyl (C=O) groups excluding carboxylic acids is 3. The molecule has 1 aliphatic rings. The highest BCUT2D eigenvalue weighted by Crippen LogP contribution is 2.23. The molecule has 1 aliphatic heterocycles. The first-order valence-corrected chi connectivity index (χ1v) is 11.0. The number of hydrogen-bond acceptors (Lipinski definition) is 6. The summed E-state index contributed by atoms with van der Waals surface area (Å²) in [5.41, 5.74) is 0.669. The van der Waals surface area contributed by atoms with Crippen molar-refractivity contribution in [3.63, 3.8) is 0 Å². The number of ether oxygens (including phenoxy) is 1. The lowest BCUT2D eigenvalue weighted by Crippen LogP contribution is -2.35. The molecule has 2 amide bonds. The molecule has 158 valence electrons. The Kier molecular flexibility index (Phi) is 6.86. The Morgan fingerprint density at radius 3 is 2.53 bits per heavy atom. The van der Waals surface area contributed by atoms with Gasteiger partial charge in [0, 0.05) is 19.5 Å². The Morgan fingerprint density at radius 1 is 1.13 bits per heavy atom. The van der Waals surface area contributed by atoms with E-state index in [-0.39, 0.29) is 34.4 Å². The van der Waals surface area contributed by atoms with Crippen LogP contribution in [-0.4, -0.2) is 44.3 Å². The summed E-state index contributed by atoms with van der Waals surface area (Å²) in [6, 6.07) is 12.6. The van der Waals surface area contributed by atoms with Gasteiger partial charge in [0.2, 0.25) is 15.9 Å². The first-order valence-electron chi connectivity index (χ1n) is 9.11. The number of hydrogen-bond donors (Lipinski definition) is 1. The van der Waals surface area contributed by atoms with Crippen LogP contribution in [0.2, 0.25) is 5.02 Å². The minimum absolute atomic E-state index is 0.0482. The Bertz CT molecular complexity index is 1070. The van der Waals surface area contributed by atoms with Gasteiger partial charge in [0.25, 0.3) is 5.91 Å². The van der Waals surface area contributed by atoms with E-state index in [1.807, 2.05) is 6.07 Å². The van der Waals surface area contributed by atoms with Crippen LogP contribution in [0.4, 0.5) is 0 Å². The van der Waals surface area contributed by atoms with Gasteiger partial charge in [0.1, 0.15) is 4.90 Å². The van der Waals surface area contributed by atoms with Gasteiger partial charge in [0.05, 0.1) is 10.6 Å². The molecule has 0 atom stereocenters. The third-order valence-corrected chi connectivity index (χ3v) is 6.35. The molecular weight excluding hydrogens is 432 g/mol. The van der Waals surface area contributed by atoms with Crippen molar-refractivity contribution in [2.45, 2.75) is 24.3 Å². The average Bonchev–Trinajstić information content (AvgIpc) is 3.17. The second-order valence-electron chi connectivity index (χ2n) is 6.57. The Balaban J connectivity index is 1.68. The maximum absolute atomic E-state index is 12.6. The Labute approximate surface area is 178 Å². The fraction of sp³-hybridized carbons (Fsp3) is 0.250. The largest absolute Gasteiger partial charge is 0.452 e. The molecule has 1 fully saturated rings. The summed E-state index contributed by atoms with van der Waals surface area (Å²) in [7, 11) is -4.01. The number of benzene rings is 2. The molecule has 0 unspecified atom stereocenters. The second-order valence-corrected chi connectivity index (χ2v) is 8.72. The molecule has 3 rings (SSSR count). The van der Waals surface area contributed by atoms with Crippen molar-refractivity contribution in [1.82, 2.24) is 9.62 Å². The number of nitrogens with zero attached hydrogens (tertiary/aromatic N) is 1. The number of amides is 2. The van der Waals surface area contributed by atoms with Crippen molar-refractivity contribution >= 4 is 39.4 Å². The van der Waals surface area contributed by atoms with E-state index in [4.69, 9.17) is 16.3 Å². The maximum Gasteiger partial charge on any atom is 0.338 e. The Morgan fingerprint density at radius 2 is 1.87 bits per heavy atom. The highest BCUT2D eigenvalue weighted by Gasteiger charge is 2.27. The molecule has 30 heavy (non-hydrogen) atoms. The predicted octanol–water partition coefficient (Wildman–Crippen LogP) is 2.12. The van der Waals surface area contributed by atoms with Crippen molar-refractivity contribution in [3.8, 4) is 0 Å². The van der Waals surface area contributed by atoms with Crippen LogP contribution in [0.1, 0.15) is 28.8 Å². The molecule has 10 heteroatoms. The van der Waals surface area contributed by atoms with Crippen LogP contribution in [0, 0.1) is 0 Å². The van der Waals surface area contributed by atoms with E-state index in [1.165, 1.54) is 12.1 Å². The number of nitrogens with one attached hydrogen (secondary N) is 1. The Hall–Kier alpha value is -2.75. The zero-order valence-electron chi connectivity index (χ0n) is 15.8. The summed E-state index contributed by atoms with van der Waals surface area (Å²) in [6.07, 6.45) is 0.862. The fourth-order valence-electron chi connectivity index (χ4n) is 2.89. The lowest BCUT2D eigenvalue weighted by Gasteiger charge is -2.14. The van der Waals surface area contributed by atoms with Gasteiger partial charge in [-0.2, -0.15) is 0 Å². The van der Waals surface area contributed by atoms with Crippen LogP contribution in [-0.2, 0) is 30.9 Å². The summed E-state index contributed by atoms with van der Waals surface area (Å²) in [6.45, 7) is -0.264. The van der Waals surface area contributed by atoms with Crippen LogP contribution < -0.4 is 4.72 Å². The van der Waals surface area contributed by atoms with Crippen molar-refractivity contribution in [2.75, 3.05) is 13.2 Å². The molecule has 1 saturated heterocycles. The molecule has 0 saturated carbocycles. The lowest BCUT2D eigenvalue weighted by atomic mass is 10.2. The maximum atomic E-state index is 12.6. The lowest BCUT2D eigenvalue weighted by molar-refractivity contribution is -0.143. The summed E-state index contributed by atoms with van der Waals surface area (Å²) in [4.78, 5) is 36.6. The molecule has 8 nitrogen and oxygen atoms in total. The molecule has 1 heterocycles. The number of likely N-dealkylation sites (tertiary alicyclic amines) is 1. The second kappa shape index (κ2) is 9.38. The minimum atomic E-state index is -4.01. The molecule has 2 aromatic rings. The van der Waals surface area contributed by atoms with Crippen LogP contribution in [0.25, 0.3) is 0 Å². The van der Waals surface area contributed by atoms with Gasteiger partial charge in [-0.1, -0.05) is 41.9 Å². The van der Waals surface area contributed by atoms with E-state index in [0.717, 1.165) is 16.5 Å². The van der Waals surface area contributed by atoms with Crippen LogP contribution in [0.15, 0.2) is 53.4 Å². The number of rotatable bonds is 7. The number of esters is 1. The number of sulfonamides is 1. The fourth-order valence-corrected chi connectivity index (χ4v) is 4.43. The van der Waals surface area contributed by atoms with E-state index in [2.05, 4.69) is 4.72 Å². The number of carbonyl (C=O) groups is 3. The summed E-state index contributed by atoms with van der Waals surface area (Å²) in [5, 5.41) is -0.0640. The zero-order chi connectivity index (χ0) is 21.7. The quantitative estimate of drug-likeness (QED) is 0.647. The van der Waals surface area contributed by atoms with Crippen molar-refractivity contribution in [3.05, 3.63) is 64.7 Å². The summed E-state index contributed by atoms with van der Waals surface area (Å²) < 4.78 is 32.6. The summed E-state index contributed by atoms with van der Waals surface area (Å²) >= 11 is 6.03. The van der Waals surface area contributed by atoms with Gasteiger partial charge in [-0.3, -0.25) is 14.5 Å². The van der Waals surface area contributed by atoms with Crippen LogP contribution in [0.3, 0.4) is 0 Å². The molecule has 0 bridgehead atoms. The topological polar surface area (TPSA) is 110 Å². The average molecular weight is 451 g/mol.